The molecule has 1 aliphatic heterocycles. The summed E-state index contributed by atoms with van der Waals surface area (Å²) in [5.41, 5.74) is 1.47. The molecule has 2 atom stereocenters. The Kier molecular flexibility index (Phi) is 5.52. The Hall–Kier alpha value is -2.55. The standard InChI is InChI=1S/C20H21N3O4S/c24-16-2-1-9-23(13-16)28(26)17-5-3-14(4-6-17)11-22-20(25)18-10-15-7-8-21-12-19(15)27-18/h3-8,10,12,16,24H,1-2,9,11,13H2,(H,22,25)/t16-,28?/m1/s1. The summed E-state index contributed by atoms with van der Waals surface area (Å²) in [6, 6.07) is 10.8. The van der Waals surface area contributed by atoms with Gasteiger partial charge in [0.15, 0.2) is 11.3 Å². The minimum Gasteiger partial charge on any atom is -0.449 e. The molecule has 1 fully saturated rings. The Morgan fingerprint density at radius 1 is 1.32 bits per heavy atom. The number of aliphatic hydroxyl groups is 1. The molecule has 1 saturated heterocycles. The number of hydrogen-bond donors (Lipinski definition) is 2. The predicted octanol–water partition coefficient (Wildman–Crippen LogP) is 2.24. The van der Waals surface area contributed by atoms with Crippen LogP contribution in [0.2, 0.25) is 0 Å². The van der Waals surface area contributed by atoms with E-state index < -0.39 is 17.1 Å². The first-order chi connectivity index (χ1) is 13.6. The van der Waals surface area contributed by atoms with Crippen LogP contribution in [-0.4, -0.2) is 43.7 Å². The first-order valence-electron chi connectivity index (χ1n) is 9.16. The molecule has 3 heterocycles. The number of pyridine rings is 1. The summed E-state index contributed by atoms with van der Waals surface area (Å²) < 4.78 is 19.9. The third-order valence-corrected chi connectivity index (χ3v) is 6.19. The van der Waals surface area contributed by atoms with Crippen molar-refractivity contribution in [1.82, 2.24) is 14.6 Å². The number of hydrogen-bond acceptors (Lipinski definition) is 5. The maximum Gasteiger partial charge on any atom is 0.287 e. The average Bonchev–Trinajstić information content (AvgIpc) is 3.16. The summed E-state index contributed by atoms with van der Waals surface area (Å²) in [4.78, 5) is 17.0. The van der Waals surface area contributed by atoms with Crippen LogP contribution in [-0.2, 0) is 17.5 Å². The summed E-state index contributed by atoms with van der Waals surface area (Å²) in [7, 11) is -1.29. The van der Waals surface area contributed by atoms with Crippen LogP contribution in [0, 0.1) is 0 Å². The zero-order valence-corrected chi connectivity index (χ0v) is 16.0. The number of rotatable bonds is 5. The predicted molar refractivity (Wildman–Crippen MR) is 105 cm³/mol. The topological polar surface area (TPSA) is 95.7 Å². The van der Waals surface area contributed by atoms with E-state index in [1.807, 2.05) is 12.1 Å². The first kappa shape index (κ1) is 18.8. The van der Waals surface area contributed by atoms with Crippen LogP contribution in [0.3, 0.4) is 0 Å². The summed E-state index contributed by atoms with van der Waals surface area (Å²) in [6.45, 7) is 1.48. The lowest BCUT2D eigenvalue weighted by Gasteiger charge is -2.28. The van der Waals surface area contributed by atoms with Gasteiger partial charge in [-0.25, -0.2) is 8.51 Å². The molecule has 8 heteroatoms. The number of nitrogens with one attached hydrogen (secondary N) is 1. The SMILES string of the molecule is O=C(NCc1ccc(S(=O)N2CCC[C@@H](O)C2)cc1)c1cc2ccncc2o1. The number of benzene rings is 1. The van der Waals surface area contributed by atoms with Gasteiger partial charge in [-0.3, -0.25) is 9.78 Å². The second-order valence-corrected chi connectivity index (χ2v) is 8.27. The van der Waals surface area contributed by atoms with Crippen LogP contribution >= 0.6 is 0 Å². The summed E-state index contributed by atoms with van der Waals surface area (Å²) in [5, 5.41) is 13.4. The highest BCUT2D eigenvalue weighted by Crippen LogP contribution is 2.19. The minimum atomic E-state index is -1.29. The van der Waals surface area contributed by atoms with E-state index in [1.54, 1.807) is 41.0 Å². The quantitative estimate of drug-likeness (QED) is 0.686. The molecule has 146 valence electrons. The molecule has 2 N–H and O–H groups in total. The van der Waals surface area contributed by atoms with Crippen molar-refractivity contribution >= 4 is 27.9 Å². The minimum absolute atomic E-state index is 0.240. The van der Waals surface area contributed by atoms with Gasteiger partial charge in [0.1, 0.15) is 11.0 Å². The maximum atomic E-state index is 12.6. The molecule has 4 rings (SSSR count). The van der Waals surface area contributed by atoms with Crippen molar-refractivity contribution in [2.75, 3.05) is 13.1 Å². The van der Waals surface area contributed by atoms with Gasteiger partial charge in [0.25, 0.3) is 5.91 Å². The molecule has 1 unspecified atom stereocenters. The van der Waals surface area contributed by atoms with Gasteiger partial charge >= 0.3 is 0 Å². The van der Waals surface area contributed by atoms with Crippen LogP contribution in [0.5, 0.6) is 0 Å². The second kappa shape index (κ2) is 8.22. The molecule has 7 nitrogen and oxygen atoms in total. The van der Waals surface area contributed by atoms with Crippen molar-refractivity contribution < 1.29 is 18.5 Å². The monoisotopic (exact) mass is 399 g/mol. The van der Waals surface area contributed by atoms with Crippen molar-refractivity contribution in [2.45, 2.75) is 30.4 Å². The third kappa shape index (κ3) is 4.14. The van der Waals surface area contributed by atoms with E-state index in [1.165, 1.54) is 0 Å². The lowest BCUT2D eigenvalue weighted by atomic mass is 10.1. The van der Waals surface area contributed by atoms with Gasteiger partial charge < -0.3 is 14.8 Å². The number of β-amino-alcohol motifs (C(OH)–C–C–N with tert-alkyl or cyclic N) is 1. The van der Waals surface area contributed by atoms with Gasteiger partial charge in [0.05, 0.1) is 17.2 Å². The van der Waals surface area contributed by atoms with E-state index in [-0.39, 0.29) is 11.7 Å². The van der Waals surface area contributed by atoms with Gasteiger partial charge in [-0.1, -0.05) is 12.1 Å². The molecular formula is C20H21N3O4S. The summed E-state index contributed by atoms with van der Waals surface area (Å²) in [5.74, 6) is -0.0597. The maximum absolute atomic E-state index is 12.6. The molecule has 0 aliphatic carbocycles. The number of furan rings is 1. The highest BCUT2D eigenvalue weighted by atomic mass is 32.2. The van der Waals surface area contributed by atoms with Gasteiger partial charge in [0, 0.05) is 31.2 Å². The summed E-state index contributed by atoms with van der Waals surface area (Å²) >= 11 is 0. The fourth-order valence-electron chi connectivity index (χ4n) is 3.21. The van der Waals surface area contributed by atoms with E-state index in [0.717, 1.165) is 23.8 Å². The molecule has 2 aromatic heterocycles. The van der Waals surface area contributed by atoms with E-state index >= 15 is 0 Å². The number of aliphatic hydroxyl groups excluding tert-OH is 1. The van der Waals surface area contributed by atoms with Gasteiger partial charge in [-0.05, 0) is 42.7 Å². The van der Waals surface area contributed by atoms with Crippen molar-refractivity contribution in [3.05, 3.63) is 60.1 Å². The Bertz CT molecular complexity index is 969. The number of aromatic nitrogens is 1. The molecular weight excluding hydrogens is 378 g/mol. The third-order valence-electron chi connectivity index (χ3n) is 4.72. The average molecular weight is 399 g/mol. The molecule has 28 heavy (non-hydrogen) atoms. The number of piperidine rings is 1. The molecule has 0 spiro atoms. The molecule has 1 amide bonds. The van der Waals surface area contributed by atoms with E-state index in [4.69, 9.17) is 4.42 Å². The lowest BCUT2D eigenvalue weighted by Crippen LogP contribution is -2.39. The number of nitrogens with zero attached hydrogens (tertiary/aromatic N) is 2. The number of carbonyl (C=O) groups is 1. The highest BCUT2D eigenvalue weighted by molar-refractivity contribution is 7.82. The smallest absolute Gasteiger partial charge is 0.287 e. The number of amides is 1. The molecule has 0 radical (unpaired) electrons. The fourth-order valence-corrected chi connectivity index (χ4v) is 4.48. The molecule has 3 aromatic rings. The van der Waals surface area contributed by atoms with E-state index in [2.05, 4.69) is 10.3 Å². The van der Waals surface area contributed by atoms with Crippen molar-refractivity contribution in [2.24, 2.45) is 0 Å². The summed E-state index contributed by atoms with van der Waals surface area (Å²) in [6.07, 6.45) is 4.41. The van der Waals surface area contributed by atoms with Crippen molar-refractivity contribution in [3.63, 3.8) is 0 Å². The van der Waals surface area contributed by atoms with Gasteiger partial charge in [-0.15, -0.1) is 0 Å². The lowest BCUT2D eigenvalue weighted by molar-refractivity contribution is 0.0925. The van der Waals surface area contributed by atoms with Crippen molar-refractivity contribution in [3.8, 4) is 0 Å². The van der Waals surface area contributed by atoms with Gasteiger partial charge in [-0.2, -0.15) is 0 Å². The zero-order chi connectivity index (χ0) is 19.5. The van der Waals surface area contributed by atoms with Gasteiger partial charge in [0.2, 0.25) is 0 Å². The Morgan fingerprint density at radius 2 is 2.14 bits per heavy atom. The normalized spacial score (nSPS) is 18.8. The van der Waals surface area contributed by atoms with E-state index in [0.29, 0.717) is 30.1 Å². The van der Waals surface area contributed by atoms with Crippen LogP contribution in [0.1, 0.15) is 29.0 Å². The van der Waals surface area contributed by atoms with Crippen LogP contribution in [0.25, 0.3) is 11.0 Å². The van der Waals surface area contributed by atoms with Crippen LogP contribution in [0.15, 0.2) is 58.1 Å². The largest absolute Gasteiger partial charge is 0.449 e. The first-order valence-corrected chi connectivity index (χ1v) is 10.3. The molecule has 0 bridgehead atoms. The van der Waals surface area contributed by atoms with E-state index in [9.17, 15) is 14.1 Å². The zero-order valence-electron chi connectivity index (χ0n) is 15.2. The van der Waals surface area contributed by atoms with Crippen LogP contribution in [0.4, 0.5) is 0 Å². The molecule has 1 aromatic carbocycles. The Balaban J connectivity index is 1.36. The second-order valence-electron chi connectivity index (χ2n) is 6.78. The fraction of sp³-hybridized carbons (Fsp3) is 0.300. The number of carbonyl (C=O) groups excluding carboxylic acids is 1. The van der Waals surface area contributed by atoms with Crippen molar-refractivity contribution in [1.29, 1.82) is 0 Å². The Labute approximate surface area is 165 Å². The highest BCUT2D eigenvalue weighted by Gasteiger charge is 2.23. The molecule has 1 aliphatic rings. The number of fused-ring (bicyclic) bond motifs is 1. The molecule has 0 saturated carbocycles. The Morgan fingerprint density at radius 3 is 2.89 bits per heavy atom. The van der Waals surface area contributed by atoms with Crippen LogP contribution < -0.4 is 5.32 Å².